The van der Waals surface area contributed by atoms with Crippen molar-refractivity contribution in [2.24, 2.45) is 0 Å². The molecule has 0 spiro atoms. The number of aliphatic carboxylic acids is 3. The first-order valence-electron chi connectivity index (χ1n) is 37.8. The Hall–Kier alpha value is -5.47. The normalized spacial score (nSPS) is 9.50. The number of aromatic nitrogens is 6. The van der Waals surface area contributed by atoms with E-state index in [9.17, 15) is 0 Å². The molecule has 30 heteroatoms. The maximum atomic E-state index is 9.00. The Kier molecular flexibility index (Phi) is 96.4. The fraction of sp³-hybridized carbons (Fsp3) is 0.530. The zero-order valence-corrected chi connectivity index (χ0v) is 79.8. The number of ether oxygens (including phenoxy) is 6. The summed E-state index contributed by atoms with van der Waals surface area (Å²) in [6.07, 6.45) is 42.4. The van der Waals surface area contributed by atoms with Gasteiger partial charge in [-0.05, 0) is 95.7 Å². The van der Waals surface area contributed by atoms with Gasteiger partial charge in [0.25, 0.3) is 17.9 Å². The summed E-state index contributed by atoms with van der Waals surface area (Å²) < 4.78 is 35.1. The Labute approximate surface area is 726 Å². The Morgan fingerprint density at radius 3 is 0.522 bits per heavy atom. The van der Waals surface area contributed by atoms with Gasteiger partial charge in [0.15, 0.2) is 0 Å². The first kappa shape index (κ1) is 118. The molecule has 0 atom stereocenters. The van der Waals surface area contributed by atoms with E-state index >= 15 is 0 Å². The molecule has 6 aromatic heterocycles. The number of carboxylic acids is 3. The number of nitrogens with zero attached hydrogens (tertiary/aromatic N) is 6. The number of pyridine rings is 6. The Balaban J connectivity index is -0.000000317. The minimum absolute atomic E-state index is 0.167. The molecular formula is C83H130Cl6N6O15Pt3. The molecule has 6 rings (SSSR count). The second-order valence-corrected chi connectivity index (χ2v) is 34.2. The third kappa shape index (κ3) is 95.3. The third-order valence-corrected chi connectivity index (χ3v) is 13.3. The van der Waals surface area contributed by atoms with Gasteiger partial charge in [-0.15, -0.1) is 0 Å². The molecule has 6 N–H and O–H groups in total. The summed E-state index contributed by atoms with van der Waals surface area (Å²) in [4.78, 5) is 53.6. The summed E-state index contributed by atoms with van der Waals surface area (Å²) in [6.45, 7) is 35.0. The molecule has 113 heavy (non-hydrogen) atoms. The summed E-state index contributed by atoms with van der Waals surface area (Å²) >= 11 is -1.42. The SMILES string of the molecule is C=C(C)O.C=C(C)O.C=C(C)O.CC(=O)O.CC(=O)O.CC(=O)O.CCCCCCCCOc1ccnc(-c2cc(OCCCCCCCC)ccn2)c1.CCCCCCOc1ccnc(-c2cc(OCCCCCC)ccn2)c1.CCCCCOc1ccnc(-c2cc(OCCCCC)ccn2)c1.[Cl][Pt][Cl].[Cl][Pt][Cl].[Cl][Pt][Cl]. The van der Waals surface area contributed by atoms with Gasteiger partial charge in [-0.1, -0.05) is 190 Å². The average Bonchev–Trinajstić information content (AvgIpc) is 0.863. The predicted molar refractivity (Wildman–Crippen MR) is 457 cm³/mol. The number of carboxylic acid groups (broad SMARTS) is 3. The summed E-state index contributed by atoms with van der Waals surface area (Å²) in [7, 11) is 29.2. The first-order chi connectivity index (χ1) is 54.1. The molecule has 0 aliphatic carbocycles. The number of hydrogen-bond acceptors (Lipinski definition) is 18. The van der Waals surface area contributed by atoms with Crippen molar-refractivity contribution in [1.82, 2.24) is 29.9 Å². The van der Waals surface area contributed by atoms with E-state index in [2.05, 4.69) is 91.2 Å². The molecule has 0 fully saturated rings. The third-order valence-electron chi connectivity index (χ3n) is 13.3. The standard InChI is InChI=1S/C26H40N2O2.C22H32N2O2.C20H28N2O2.3C3H6O.3C2H4O2.6ClH.3Pt/c1-3-5-7-9-11-13-19-29-23-15-17-27-25(21-23)26-22-24(16-18-28-26)30-20-14-12-10-8-6-4-2;1-3-5-7-9-15-25-19-11-13-23-21(17-19)22-18-20(12-14-24-22)26-16-10-8-6-4-2;1-3-5-7-13-23-17-9-11-21-19(15-17)20-16-18(10-12-22-20)24-14-8-6-4-2;3*1-3(2)4;3*1-2(3)4;;;;;;;;;/h15-18,21-22H,3-14,19-20H2,1-2H3;11-14,17-18H,3-10,15-16H2,1-2H3;9-12,15-16H,3-8,13-14H2,1-2H3;3*4H,1H2,2H3;3*1H3,(H,3,4);6*1H;;;/q;;;;;;;;;;;;;;;3*+2/p-6. The van der Waals surface area contributed by atoms with Crippen LogP contribution in [-0.2, 0) is 63.8 Å². The number of rotatable bonds is 41. The van der Waals surface area contributed by atoms with Gasteiger partial charge in [0.05, 0.1) is 91.1 Å². The van der Waals surface area contributed by atoms with E-state index in [-0.39, 0.29) is 17.3 Å². The Morgan fingerprint density at radius 2 is 0.381 bits per heavy atom. The molecule has 0 saturated heterocycles. The van der Waals surface area contributed by atoms with Crippen molar-refractivity contribution in [3.8, 4) is 68.7 Å². The van der Waals surface area contributed by atoms with Crippen molar-refractivity contribution in [1.29, 1.82) is 0 Å². The van der Waals surface area contributed by atoms with Crippen LogP contribution in [0.1, 0.15) is 250 Å². The van der Waals surface area contributed by atoms with Gasteiger partial charge in [-0.25, -0.2) is 0 Å². The van der Waals surface area contributed by atoms with Crippen LogP contribution in [0.4, 0.5) is 0 Å². The number of allylic oxidation sites excluding steroid dienone is 3. The average molecular weight is 2250 g/mol. The number of aliphatic hydroxyl groups excluding tert-OH is 3. The number of unbranched alkanes of at least 4 members (excludes halogenated alkanes) is 20. The predicted octanol–water partition coefficient (Wildman–Crippen LogP) is 26.6. The van der Waals surface area contributed by atoms with Crippen LogP contribution in [0.25, 0.3) is 34.2 Å². The molecule has 0 aliphatic rings. The second kappa shape index (κ2) is 92.1. The van der Waals surface area contributed by atoms with Crippen LogP contribution in [0.2, 0.25) is 0 Å². The molecule has 21 nitrogen and oxygen atoms in total. The molecule has 0 amide bonds. The van der Waals surface area contributed by atoms with E-state index in [1.165, 1.54) is 149 Å². The summed E-state index contributed by atoms with van der Waals surface area (Å²) in [5.41, 5.74) is 4.88. The number of hydrogen-bond donors (Lipinski definition) is 6. The summed E-state index contributed by atoms with van der Waals surface area (Å²) in [6, 6.07) is 23.1. The van der Waals surface area contributed by atoms with Gasteiger partial charge in [0, 0.05) is 94.4 Å². The van der Waals surface area contributed by atoms with Crippen molar-refractivity contribution >= 4 is 74.4 Å². The number of aliphatic hydroxyl groups is 3. The second-order valence-electron chi connectivity index (χ2n) is 24.3. The van der Waals surface area contributed by atoms with Gasteiger partial charge in [-0.2, -0.15) is 0 Å². The van der Waals surface area contributed by atoms with Crippen LogP contribution in [0.15, 0.2) is 147 Å². The first-order valence-corrected chi connectivity index (χ1v) is 54.7. The fourth-order valence-corrected chi connectivity index (χ4v) is 8.51. The van der Waals surface area contributed by atoms with E-state index in [0.717, 1.165) is 168 Å². The summed E-state index contributed by atoms with van der Waals surface area (Å²) in [5, 5.41) is 45.8. The van der Waals surface area contributed by atoms with Crippen molar-refractivity contribution in [2.45, 2.75) is 250 Å². The molecule has 0 unspecified atom stereocenters. The minimum atomic E-state index is -0.833. The fourth-order valence-electron chi connectivity index (χ4n) is 8.51. The molecular weight excluding hydrogens is 2120 g/mol. The van der Waals surface area contributed by atoms with Crippen LogP contribution in [0.3, 0.4) is 0 Å². The maximum absolute atomic E-state index is 9.00. The van der Waals surface area contributed by atoms with Crippen LogP contribution >= 0.6 is 56.5 Å². The molecule has 0 aliphatic heterocycles. The van der Waals surface area contributed by atoms with Crippen molar-refractivity contribution in [3.63, 3.8) is 0 Å². The topological polar surface area (TPSA) is 305 Å². The van der Waals surface area contributed by atoms with Gasteiger partial charge in [0.1, 0.15) is 34.5 Å². The zero-order chi connectivity index (χ0) is 86.4. The van der Waals surface area contributed by atoms with Crippen LogP contribution in [0, 0.1) is 0 Å². The van der Waals surface area contributed by atoms with Gasteiger partial charge in [0.2, 0.25) is 0 Å². The molecule has 0 radical (unpaired) electrons. The number of carbonyl (C=O) groups is 3. The van der Waals surface area contributed by atoms with Gasteiger partial charge >= 0.3 is 106 Å². The van der Waals surface area contributed by atoms with E-state index in [1.807, 2.05) is 72.8 Å². The van der Waals surface area contributed by atoms with Gasteiger partial charge < -0.3 is 59.1 Å². The monoisotopic (exact) mass is 2250 g/mol. The Bertz CT molecular complexity index is 2930. The quantitative estimate of drug-likeness (QED) is 0.0153. The van der Waals surface area contributed by atoms with Crippen LogP contribution in [0.5, 0.6) is 34.5 Å². The number of halogens is 6. The van der Waals surface area contributed by atoms with E-state index in [0.29, 0.717) is 0 Å². The molecule has 654 valence electrons. The van der Waals surface area contributed by atoms with Crippen molar-refractivity contribution in [2.75, 3.05) is 39.6 Å². The van der Waals surface area contributed by atoms with Crippen LogP contribution in [-0.4, -0.2) is 118 Å². The van der Waals surface area contributed by atoms with E-state index < -0.39 is 67.4 Å². The van der Waals surface area contributed by atoms with Crippen molar-refractivity contribution in [3.05, 3.63) is 147 Å². The summed E-state index contributed by atoms with van der Waals surface area (Å²) in [5.74, 6) is 3.08. The molecule has 0 saturated carbocycles. The molecule has 6 aromatic rings. The van der Waals surface area contributed by atoms with Gasteiger partial charge in [-0.3, -0.25) is 44.3 Å². The zero-order valence-electron chi connectivity index (χ0n) is 68.4. The molecule has 0 aromatic carbocycles. The van der Waals surface area contributed by atoms with E-state index in [4.69, 9.17) is 130 Å². The van der Waals surface area contributed by atoms with Crippen molar-refractivity contribution < 1.29 is 123 Å². The molecule has 6 heterocycles. The molecule has 0 bridgehead atoms. The Morgan fingerprint density at radius 1 is 0.274 bits per heavy atom. The van der Waals surface area contributed by atoms with E-state index in [1.54, 1.807) is 37.2 Å². The van der Waals surface area contributed by atoms with Crippen LogP contribution < -0.4 is 28.4 Å².